The zero-order valence-electron chi connectivity index (χ0n) is 16.2. The van der Waals surface area contributed by atoms with Gasteiger partial charge in [-0.3, -0.25) is 4.68 Å². The van der Waals surface area contributed by atoms with E-state index in [1.807, 2.05) is 30.9 Å². The topological polar surface area (TPSA) is 69.2 Å². The fourth-order valence-electron chi connectivity index (χ4n) is 3.45. The molecule has 8 heteroatoms. The van der Waals surface area contributed by atoms with Gasteiger partial charge in [-0.15, -0.1) is 24.0 Å². The van der Waals surface area contributed by atoms with Crippen molar-refractivity contribution < 1.29 is 4.39 Å². The monoisotopic (exact) mass is 496 g/mol. The minimum absolute atomic E-state index is 0. The number of nitriles is 1. The molecule has 2 heterocycles. The summed E-state index contributed by atoms with van der Waals surface area (Å²) in [4.78, 5) is 6.85. The van der Waals surface area contributed by atoms with E-state index in [1.54, 1.807) is 6.07 Å². The van der Waals surface area contributed by atoms with Crippen LogP contribution in [0.1, 0.15) is 30.0 Å². The molecule has 150 valence electrons. The Bertz CT molecular complexity index is 857. The van der Waals surface area contributed by atoms with Crippen molar-refractivity contribution in [3.63, 3.8) is 0 Å². The van der Waals surface area contributed by atoms with E-state index in [0.29, 0.717) is 17.0 Å². The second-order valence-corrected chi connectivity index (χ2v) is 6.92. The number of likely N-dealkylation sites (tertiary alicyclic amines) is 1. The number of guanidine groups is 1. The summed E-state index contributed by atoms with van der Waals surface area (Å²) in [6.07, 6.45) is 6.08. The first-order valence-electron chi connectivity index (χ1n) is 9.28. The molecule has 1 aliphatic rings. The lowest BCUT2D eigenvalue weighted by Gasteiger charge is -2.21. The van der Waals surface area contributed by atoms with E-state index < -0.39 is 0 Å². The van der Waals surface area contributed by atoms with Gasteiger partial charge in [-0.05, 0) is 49.4 Å². The SMILES string of the molecule is CCNC(=NCc1cc(C#N)ccc1F)N1CCC(Cc2cnn(C)c2)C1.I. The van der Waals surface area contributed by atoms with Crippen molar-refractivity contribution in [1.29, 1.82) is 5.26 Å². The molecule has 2 aromatic rings. The molecule has 0 spiro atoms. The van der Waals surface area contributed by atoms with Crippen molar-refractivity contribution in [1.82, 2.24) is 20.0 Å². The van der Waals surface area contributed by atoms with Gasteiger partial charge in [0.05, 0.1) is 24.4 Å². The van der Waals surface area contributed by atoms with Gasteiger partial charge < -0.3 is 10.2 Å². The van der Waals surface area contributed by atoms with Crippen LogP contribution in [-0.2, 0) is 20.0 Å². The maximum absolute atomic E-state index is 14.0. The molecular formula is C20H26FIN6. The number of benzene rings is 1. The van der Waals surface area contributed by atoms with E-state index in [-0.39, 0.29) is 36.3 Å². The van der Waals surface area contributed by atoms with Crippen LogP contribution >= 0.6 is 24.0 Å². The van der Waals surface area contributed by atoms with E-state index in [0.717, 1.165) is 38.4 Å². The molecule has 0 amide bonds. The molecule has 1 aromatic heterocycles. The van der Waals surface area contributed by atoms with Crippen molar-refractivity contribution >= 4 is 29.9 Å². The molecule has 0 bridgehead atoms. The Hall–Kier alpha value is -2.15. The van der Waals surface area contributed by atoms with Crippen LogP contribution in [0.5, 0.6) is 0 Å². The third-order valence-corrected chi connectivity index (χ3v) is 4.78. The molecule has 3 rings (SSSR count). The summed E-state index contributed by atoms with van der Waals surface area (Å²) >= 11 is 0. The summed E-state index contributed by atoms with van der Waals surface area (Å²) in [5.41, 5.74) is 2.14. The highest BCUT2D eigenvalue weighted by atomic mass is 127. The van der Waals surface area contributed by atoms with Gasteiger partial charge in [0.1, 0.15) is 5.82 Å². The quantitative estimate of drug-likeness (QED) is 0.393. The van der Waals surface area contributed by atoms with Gasteiger partial charge >= 0.3 is 0 Å². The summed E-state index contributed by atoms with van der Waals surface area (Å²) < 4.78 is 15.8. The molecule has 1 atom stereocenters. The number of nitrogens with zero attached hydrogens (tertiary/aromatic N) is 5. The Morgan fingerprint density at radius 3 is 2.96 bits per heavy atom. The lowest BCUT2D eigenvalue weighted by atomic mass is 10.0. The molecular weight excluding hydrogens is 470 g/mol. The predicted octanol–water partition coefficient (Wildman–Crippen LogP) is 3.08. The number of halogens is 2. The normalized spacial score (nSPS) is 16.6. The molecule has 1 aliphatic heterocycles. The predicted molar refractivity (Wildman–Crippen MR) is 118 cm³/mol. The number of aromatic nitrogens is 2. The largest absolute Gasteiger partial charge is 0.357 e. The summed E-state index contributed by atoms with van der Waals surface area (Å²) in [5.74, 6) is 1.02. The molecule has 0 aliphatic carbocycles. The number of nitrogens with one attached hydrogen (secondary N) is 1. The van der Waals surface area contributed by atoms with Crippen molar-refractivity contribution in [3.8, 4) is 6.07 Å². The van der Waals surface area contributed by atoms with Crippen molar-refractivity contribution in [2.45, 2.75) is 26.3 Å². The van der Waals surface area contributed by atoms with Gasteiger partial charge in [0.2, 0.25) is 0 Å². The molecule has 1 saturated heterocycles. The van der Waals surface area contributed by atoms with Gasteiger partial charge in [-0.1, -0.05) is 0 Å². The fraction of sp³-hybridized carbons (Fsp3) is 0.450. The van der Waals surface area contributed by atoms with E-state index in [4.69, 9.17) is 5.26 Å². The highest BCUT2D eigenvalue weighted by Gasteiger charge is 2.25. The Labute approximate surface area is 182 Å². The second kappa shape index (κ2) is 10.4. The van der Waals surface area contributed by atoms with E-state index in [2.05, 4.69) is 26.5 Å². The molecule has 1 fully saturated rings. The lowest BCUT2D eigenvalue weighted by molar-refractivity contribution is 0.459. The molecule has 0 saturated carbocycles. The lowest BCUT2D eigenvalue weighted by Crippen LogP contribution is -2.40. The number of aliphatic imine (C=N–C) groups is 1. The highest BCUT2D eigenvalue weighted by molar-refractivity contribution is 14.0. The maximum Gasteiger partial charge on any atom is 0.194 e. The first-order chi connectivity index (χ1) is 13.1. The van der Waals surface area contributed by atoms with Gasteiger partial charge in [-0.25, -0.2) is 9.38 Å². The van der Waals surface area contributed by atoms with Gasteiger partial charge in [-0.2, -0.15) is 10.4 Å². The minimum Gasteiger partial charge on any atom is -0.357 e. The number of rotatable bonds is 5. The first-order valence-corrected chi connectivity index (χ1v) is 9.28. The fourth-order valence-corrected chi connectivity index (χ4v) is 3.45. The summed E-state index contributed by atoms with van der Waals surface area (Å²) in [6.45, 7) is 4.84. The summed E-state index contributed by atoms with van der Waals surface area (Å²) in [7, 11) is 1.93. The Balaban J connectivity index is 0.00000280. The smallest absolute Gasteiger partial charge is 0.194 e. The standard InChI is InChI=1S/C20H25FN6.HI/c1-3-23-20(24-12-18-9-15(10-22)4-5-19(18)21)27-7-6-16(14-27)8-17-11-25-26(2)13-17;/h4-5,9,11,13,16H,3,6-8,12,14H2,1-2H3,(H,23,24);1H. The Morgan fingerprint density at radius 1 is 1.46 bits per heavy atom. The van der Waals surface area contributed by atoms with Crippen LogP contribution in [0.2, 0.25) is 0 Å². The number of aryl methyl sites for hydroxylation is 1. The summed E-state index contributed by atoms with van der Waals surface area (Å²) in [5, 5.41) is 16.5. The molecule has 1 unspecified atom stereocenters. The first kappa shape index (κ1) is 22.1. The average Bonchev–Trinajstić information content (AvgIpc) is 3.29. The van der Waals surface area contributed by atoms with Crippen LogP contribution < -0.4 is 5.32 Å². The molecule has 6 nitrogen and oxygen atoms in total. The number of hydrogen-bond acceptors (Lipinski definition) is 3. The van der Waals surface area contributed by atoms with Crippen LogP contribution in [0.3, 0.4) is 0 Å². The van der Waals surface area contributed by atoms with Crippen LogP contribution in [-0.4, -0.2) is 40.3 Å². The summed E-state index contributed by atoms with van der Waals surface area (Å²) in [6, 6.07) is 6.43. The van der Waals surface area contributed by atoms with E-state index in [9.17, 15) is 4.39 Å². The number of hydrogen-bond donors (Lipinski definition) is 1. The molecule has 0 radical (unpaired) electrons. The third kappa shape index (κ3) is 5.67. The van der Waals surface area contributed by atoms with Gasteiger partial charge in [0.15, 0.2) is 5.96 Å². The van der Waals surface area contributed by atoms with Gasteiger partial charge in [0, 0.05) is 38.4 Å². The van der Waals surface area contributed by atoms with Crippen molar-refractivity contribution in [2.75, 3.05) is 19.6 Å². The Kier molecular flexibility index (Phi) is 8.23. The van der Waals surface area contributed by atoms with Crippen LogP contribution in [0.4, 0.5) is 4.39 Å². The zero-order valence-corrected chi connectivity index (χ0v) is 18.6. The second-order valence-electron chi connectivity index (χ2n) is 6.92. The van der Waals surface area contributed by atoms with Gasteiger partial charge in [0.25, 0.3) is 0 Å². The average molecular weight is 496 g/mol. The maximum atomic E-state index is 14.0. The van der Waals surface area contributed by atoms with Crippen LogP contribution in [0.25, 0.3) is 0 Å². The van der Waals surface area contributed by atoms with Crippen molar-refractivity contribution in [3.05, 3.63) is 53.1 Å². The van der Waals surface area contributed by atoms with Crippen molar-refractivity contribution in [2.24, 2.45) is 18.0 Å². The Morgan fingerprint density at radius 2 is 2.29 bits per heavy atom. The van der Waals surface area contributed by atoms with E-state index >= 15 is 0 Å². The molecule has 1 aromatic carbocycles. The zero-order chi connectivity index (χ0) is 19.2. The van der Waals surface area contributed by atoms with Crippen LogP contribution in [0.15, 0.2) is 35.6 Å². The highest BCUT2D eigenvalue weighted by Crippen LogP contribution is 2.21. The van der Waals surface area contributed by atoms with E-state index in [1.165, 1.54) is 17.7 Å². The molecule has 28 heavy (non-hydrogen) atoms. The third-order valence-electron chi connectivity index (χ3n) is 4.78. The van der Waals surface area contributed by atoms with Crippen LogP contribution in [0, 0.1) is 23.1 Å². The minimum atomic E-state index is -0.329. The molecule has 1 N–H and O–H groups in total.